The molecule has 1 aliphatic rings. The Morgan fingerprint density at radius 1 is 1.35 bits per heavy atom. The Hall–Kier alpha value is -0.281. The third-order valence-electron chi connectivity index (χ3n) is 2.81. The maximum atomic E-state index is 12.2. The predicted octanol–water partition coefficient (Wildman–Crippen LogP) is 1.13. The fourth-order valence-electron chi connectivity index (χ4n) is 2.05. The van der Waals surface area contributed by atoms with Gasteiger partial charge in [-0.25, -0.2) is 0 Å². The van der Waals surface area contributed by atoms with Crippen LogP contribution in [-0.4, -0.2) is 37.3 Å². The molecule has 0 aliphatic carbocycles. The van der Waals surface area contributed by atoms with Crippen LogP contribution in [0.4, 0.5) is 0 Å². The Labute approximate surface area is 113 Å². The zero-order valence-corrected chi connectivity index (χ0v) is 12.9. The van der Waals surface area contributed by atoms with Crippen molar-refractivity contribution in [3.63, 3.8) is 0 Å². The molecule has 4 heteroatoms. The first-order valence-corrected chi connectivity index (χ1v) is 8.55. The van der Waals surface area contributed by atoms with Gasteiger partial charge in [0.05, 0.1) is 0 Å². The number of hydrogen-bond acceptors (Lipinski definition) is 3. The van der Waals surface area contributed by atoms with E-state index >= 15 is 0 Å². The number of benzene rings is 1. The van der Waals surface area contributed by atoms with E-state index in [1.165, 1.54) is 21.2 Å². The van der Waals surface area contributed by atoms with Gasteiger partial charge in [-0.2, -0.15) is 0 Å². The summed E-state index contributed by atoms with van der Waals surface area (Å²) in [6.07, 6.45) is 0. The van der Waals surface area contributed by atoms with Crippen molar-refractivity contribution in [2.24, 2.45) is 0 Å². The third kappa shape index (κ3) is 3.14. The molecule has 1 fully saturated rings. The SMILES string of the molecule is Cc1cc(C)c([Se]C(=O)C2CSCN2)c(C)c1. The van der Waals surface area contributed by atoms with E-state index in [1.807, 2.05) is 11.8 Å². The molecule has 0 bridgehead atoms. The molecule has 1 aliphatic heterocycles. The molecule has 1 saturated heterocycles. The summed E-state index contributed by atoms with van der Waals surface area (Å²) in [6, 6.07) is 4.43. The van der Waals surface area contributed by atoms with Crippen molar-refractivity contribution >= 4 is 35.9 Å². The van der Waals surface area contributed by atoms with E-state index < -0.39 is 0 Å². The second-order valence-electron chi connectivity index (χ2n) is 4.42. The van der Waals surface area contributed by atoms with Crippen molar-refractivity contribution in [1.29, 1.82) is 0 Å². The molecule has 0 aromatic heterocycles. The molecule has 1 N–H and O–H groups in total. The van der Waals surface area contributed by atoms with E-state index in [0.29, 0.717) is 4.68 Å². The Morgan fingerprint density at radius 2 is 2.00 bits per heavy atom. The molecule has 1 atom stereocenters. The van der Waals surface area contributed by atoms with Gasteiger partial charge >= 0.3 is 113 Å². The molecule has 0 amide bonds. The van der Waals surface area contributed by atoms with Gasteiger partial charge in [0.2, 0.25) is 0 Å². The van der Waals surface area contributed by atoms with E-state index in [2.05, 4.69) is 38.2 Å². The third-order valence-corrected chi connectivity index (χ3v) is 6.55. The summed E-state index contributed by atoms with van der Waals surface area (Å²) in [5, 5.41) is 3.26. The van der Waals surface area contributed by atoms with Gasteiger partial charge in [0.1, 0.15) is 0 Å². The van der Waals surface area contributed by atoms with Gasteiger partial charge in [0.15, 0.2) is 0 Å². The zero-order valence-electron chi connectivity index (χ0n) is 10.4. The molecular formula is C13H17NOSSe. The Morgan fingerprint density at radius 3 is 2.53 bits per heavy atom. The monoisotopic (exact) mass is 315 g/mol. The van der Waals surface area contributed by atoms with Crippen molar-refractivity contribution in [2.75, 3.05) is 11.6 Å². The molecule has 0 radical (unpaired) electrons. The summed E-state index contributed by atoms with van der Waals surface area (Å²) >= 11 is 1.76. The van der Waals surface area contributed by atoms with Crippen LogP contribution in [-0.2, 0) is 4.79 Å². The number of hydrogen-bond donors (Lipinski definition) is 1. The number of aryl methyl sites for hydroxylation is 3. The number of nitrogens with one attached hydrogen (secondary N) is 1. The standard InChI is InChI=1S/C13H17NOSSe/c1-8-4-9(2)12(10(3)5-8)17-13(15)11-6-16-7-14-11/h4-5,11,14H,6-7H2,1-3H3. The number of thioether (sulfide) groups is 1. The second kappa shape index (κ2) is 5.57. The van der Waals surface area contributed by atoms with E-state index in [1.54, 1.807) is 0 Å². The van der Waals surface area contributed by atoms with Crippen molar-refractivity contribution in [3.8, 4) is 0 Å². The maximum absolute atomic E-state index is 12.2. The van der Waals surface area contributed by atoms with Gasteiger partial charge in [0.25, 0.3) is 0 Å². The first kappa shape index (κ1) is 13.2. The second-order valence-corrected chi connectivity index (χ2v) is 7.58. The summed E-state index contributed by atoms with van der Waals surface area (Å²) in [7, 11) is 0. The van der Waals surface area contributed by atoms with Crippen LogP contribution in [0, 0.1) is 20.8 Å². The summed E-state index contributed by atoms with van der Waals surface area (Å²) in [6.45, 7) is 6.33. The molecule has 1 unspecified atom stereocenters. The average Bonchev–Trinajstić information content (AvgIpc) is 2.76. The summed E-state index contributed by atoms with van der Waals surface area (Å²) in [4.78, 5) is 12.2. The van der Waals surface area contributed by atoms with Gasteiger partial charge in [-0.15, -0.1) is 0 Å². The van der Waals surface area contributed by atoms with Gasteiger partial charge in [0, 0.05) is 0 Å². The zero-order chi connectivity index (χ0) is 12.4. The van der Waals surface area contributed by atoms with Gasteiger partial charge in [-0.1, -0.05) is 0 Å². The predicted molar refractivity (Wildman–Crippen MR) is 75.3 cm³/mol. The van der Waals surface area contributed by atoms with Crippen LogP contribution < -0.4 is 9.78 Å². The van der Waals surface area contributed by atoms with Crippen LogP contribution in [0.3, 0.4) is 0 Å². The fourth-order valence-corrected chi connectivity index (χ4v) is 5.22. The van der Waals surface area contributed by atoms with Crippen molar-refractivity contribution in [1.82, 2.24) is 5.32 Å². The van der Waals surface area contributed by atoms with Crippen molar-refractivity contribution in [2.45, 2.75) is 26.8 Å². The minimum atomic E-state index is -0.0512. The van der Waals surface area contributed by atoms with Crippen LogP contribution in [0.5, 0.6) is 0 Å². The van der Waals surface area contributed by atoms with Gasteiger partial charge < -0.3 is 0 Å². The Balaban J connectivity index is 2.15. The molecule has 17 heavy (non-hydrogen) atoms. The normalized spacial score (nSPS) is 19.6. The summed E-state index contributed by atoms with van der Waals surface area (Å²) in [5.41, 5.74) is 3.81. The number of rotatable bonds is 3. The topological polar surface area (TPSA) is 29.1 Å². The molecule has 1 aromatic rings. The molecule has 0 saturated carbocycles. The van der Waals surface area contributed by atoms with Crippen LogP contribution >= 0.6 is 11.8 Å². The molecule has 1 heterocycles. The quantitative estimate of drug-likeness (QED) is 0.848. The summed E-state index contributed by atoms with van der Waals surface area (Å²) in [5.74, 6) is 1.85. The molecule has 2 nitrogen and oxygen atoms in total. The van der Waals surface area contributed by atoms with Crippen molar-refractivity contribution in [3.05, 3.63) is 28.8 Å². The summed E-state index contributed by atoms with van der Waals surface area (Å²) < 4.78 is 1.66. The van der Waals surface area contributed by atoms with E-state index in [0.717, 1.165) is 11.6 Å². The van der Waals surface area contributed by atoms with Crippen LogP contribution in [0.15, 0.2) is 12.1 Å². The van der Waals surface area contributed by atoms with E-state index in [4.69, 9.17) is 0 Å². The first-order valence-electron chi connectivity index (χ1n) is 5.68. The molecule has 92 valence electrons. The first-order chi connectivity index (χ1) is 8.08. The van der Waals surface area contributed by atoms with Crippen LogP contribution in [0.25, 0.3) is 0 Å². The number of carbonyl (C=O) groups is 1. The van der Waals surface area contributed by atoms with Crippen LogP contribution in [0.1, 0.15) is 16.7 Å². The van der Waals surface area contributed by atoms with Crippen molar-refractivity contribution < 1.29 is 4.79 Å². The molecule has 1 aromatic carbocycles. The molecule has 0 spiro atoms. The van der Waals surface area contributed by atoms with Gasteiger partial charge in [-0.3, -0.25) is 0 Å². The average molecular weight is 314 g/mol. The van der Waals surface area contributed by atoms with Crippen LogP contribution in [0.2, 0.25) is 0 Å². The van der Waals surface area contributed by atoms with E-state index in [9.17, 15) is 4.79 Å². The minimum absolute atomic E-state index is 0.0512. The number of carbonyl (C=O) groups excluding carboxylic acids is 1. The molecule has 2 rings (SSSR count). The Bertz CT molecular complexity index is 418. The fraction of sp³-hybridized carbons (Fsp3) is 0.462. The van der Waals surface area contributed by atoms with Gasteiger partial charge in [-0.05, 0) is 0 Å². The Kier molecular flexibility index (Phi) is 4.31. The van der Waals surface area contributed by atoms with E-state index in [-0.39, 0.29) is 21.0 Å². The molecular weight excluding hydrogens is 297 g/mol.